The lowest BCUT2D eigenvalue weighted by molar-refractivity contribution is -0.0787. The predicted molar refractivity (Wildman–Crippen MR) is 54.6 cm³/mol. The first-order valence-corrected chi connectivity index (χ1v) is 5.04. The van der Waals surface area contributed by atoms with Crippen molar-refractivity contribution < 1.29 is 24.9 Å². The second-order valence-electron chi connectivity index (χ2n) is 3.81. The lowest BCUT2D eigenvalue weighted by Gasteiger charge is -2.31. The van der Waals surface area contributed by atoms with Gasteiger partial charge in [-0.25, -0.2) is 9.79 Å². The zero-order valence-electron chi connectivity index (χ0n) is 8.85. The molecule has 0 aliphatic carbocycles. The quantitative estimate of drug-likeness (QED) is 0.346. The van der Waals surface area contributed by atoms with Crippen LogP contribution >= 0.6 is 0 Å². The molecule has 96 valence electrons. The van der Waals surface area contributed by atoms with Crippen LogP contribution in [0.25, 0.3) is 0 Å². The van der Waals surface area contributed by atoms with Crippen LogP contribution in [0, 0.1) is 0 Å². The summed E-state index contributed by atoms with van der Waals surface area (Å²) in [6, 6.07) is -0.577. The first-order valence-electron chi connectivity index (χ1n) is 5.04. The fourth-order valence-corrected chi connectivity index (χ4v) is 1.77. The molecule has 2 aliphatic heterocycles. The van der Waals surface area contributed by atoms with E-state index in [1.165, 1.54) is 0 Å². The molecule has 0 aromatic carbocycles. The monoisotopic (exact) mass is 246 g/mol. The van der Waals surface area contributed by atoms with Crippen molar-refractivity contribution in [1.29, 1.82) is 0 Å². The smallest absolute Gasteiger partial charge is 0.327 e. The van der Waals surface area contributed by atoms with Crippen LogP contribution in [0.5, 0.6) is 0 Å². The molecular weight excluding hydrogens is 232 g/mol. The summed E-state index contributed by atoms with van der Waals surface area (Å²) in [5, 5.41) is 30.4. The molecule has 1 saturated heterocycles. The number of urea groups is 1. The Bertz CT molecular complexity index is 349. The Balaban J connectivity index is 2.11. The zero-order valence-corrected chi connectivity index (χ0v) is 8.85. The van der Waals surface area contributed by atoms with E-state index in [1.54, 1.807) is 0 Å². The lowest BCUT2D eigenvalue weighted by atomic mass is 10.1. The standard InChI is InChI=1S/C8H14N4O5/c9-7-10-2-12(8(16)11-7)6-5(15)4(14)3(1-13)17-6/h3-6,13-15H,1-2H2,(H3,9,10,11,16)/t3-,4?,5?,6-/m1/s1. The number of ether oxygens (including phenoxy) is 1. The van der Waals surface area contributed by atoms with E-state index in [9.17, 15) is 15.0 Å². The predicted octanol–water partition coefficient (Wildman–Crippen LogP) is -3.28. The van der Waals surface area contributed by atoms with Gasteiger partial charge in [0.05, 0.1) is 6.61 Å². The van der Waals surface area contributed by atoms with Crippen molar-refractivity contribution in [3.8, 4) is 0 Å². The number of rotatable bonds is 2. The van der Waals surface area contributed by atoms with Crippen LogP contribution in [-0.4, -0.2) is 70.0 Å². The Labute approximate surface area is 96.5 Å². The molecule has 2 aliphatic rings. The molecule has 9 heteroatoms. The van der Waals surface area contributed by atoms with Crippen LogP contribution < -0.4 is 11.1 Å². The minimum atomic E-state index is -1.30. The fourth-order valence-electron chi connectivity index (χ4n) is 1.77. The number of nitrogens with zero attached hydrogens (tertiary/aromatic N) is 2. The highest BCUT2D eigenvalue weighted by molar-refractivity contribution is 5.96. The minimum absolute atomic E-state index is 0.0157. The van der Waals surface area contributed by atoms with Crippen LogP contribution in [0.2, 0.25) is 0 Å². The highest BCUT2D eigenvalue weighted by Crippen LogP contribution is 2.24. The highest BCUT2D eigenvalue weighted by atomic mass is 16.6. The summed E-state index contributed by atoms with van der Waals surface area (Å²) in [6.07, 6.45) is -4.53. The number of amides is 2. The number of aliphatic hydroxyl groups excluding tert-OH is 3. The third kappa shape index (κ3) is 2.05. The maximum atomic E-state index is 11.6. The number of carbonyl (C=O) groups is 1. The van der Waals surface area contributed by atoms with Crippen LogP contribution in [0.15, 0.2) is 4.99 Å². The molecule has 0 aromatic heterocycles. The van der Waals surface area contributed by atoms with Gasteiger partial charge in [-0.05, 0) is 0 Å². The summed E-state index contributed by atoms with van der Waals surface area (Å²) < 4.78 is 5.19. The molecule has 4 atom stereocenters. The number of guanidine groups is 1. The number of nitrogens with one attached hydrogen (secondary N) is 1. The normalized spacial score (nSPS) is 37.9. The summed E-state index contributed by atoms with van der Waals surface area (Å²) in [5.74, 6) is -0.0157. The molecule has 9 nitrogen and oxygen atoms in total. The largest absolute Gasteiger partial charge is 0.394 e. The van der Waals surface area contributed by atoms with E-state index in [4.69, 9.17) is 15.6 Å². The first-order chi connectivity index (χ1) is 8.04. The number of aliphatic imine (C=N–C) groups is 1. The molecule has 0 spiro atoms. The molecule has 0 aromatic rings. The van der Waals surface area contributed by atoms with Crippen molar-refractivity contribution >= 4 is 12.0 Å². The van der Waals surface area contributed by atoms with Gasteiger partial charge in [-0.3, -0.25) is 10.2 Å². The van der Waals surface area contributed by atoms with Crippen molar-refractivity contribution in [2.24, 2.45) is 10.7 Å². The second-order valence-corrected chi connectivity index (χ2v) is 3.81. The van der Waals surface area contributed by atoms with Crippen molar-refractivity contribution in [1.82, 2.24) is 10.2 Å². The van der Waals surface area contributed by atoms with Gasteiger partial charge in [-0.1, -0.05) is 0 Å². The van der Waals surface area contributed by atoms with Gasteiger partial charge < -0.3 is 25.8 Å². The second kappa shape index (κ2) is 4.45. The number of nitrogens with two attached hydrogens (primary N) is 1. The van der Waals surface area contributed by atoms with Crippen LogP contribution in [0.4, 0.5) is 4.79 Å². The molecule has 2 amide bonds. The summed E-state index contributed by atoms with van der Waals surface area (Å²) >= 11 is 0. The fraction of sp³-hybridized carbons (Fsp3) is 0.750. The molecule has 0 radical (unpaired) electrons. The molecule has 2 heterocycles. The number of aliphatic hydroxyl groups is 3. The van der Waals surface area contributed by atoms with Crippen LogP contribution in [-0.2, 0) is 4.74 Å². The Kier molecular flexibility index (Phi) is 3.15. The number of hydrogen-bond donors (Lipinski definition) is 5. The van der Waals surface area contributed by atoms with E-state index in [2.05, 4.69) is 10.3 Å². The van der Waals surface area contributed by atoms with Crippen LogP contribution in [0.1, 0.15) is 0 Å². The van der Waals surface area contributed by atoms with Crippen molar-refractivity contribution in [3.63, 3.8) is 0 Å². The lowest BCUT2D eigenvalue weighted by Crippen LogP contribution is -2.56. The zero-order chi connectivity index (χ0) is 12.6. The van der Waals surface area contributed by atoms with Gasteiger partial charge >= 0.3 is 6.03 Å². The van der Waals surface area contributed by atoms with Crippen molar-refractivity contribution in [2.75, 3.05) is 13.3 Å². The summed E-state index contributed by atoms with van der Waals surface area (Å²) in [7, 11) is 0. The first kappa shape index (κ1) is 12.0. The Morgan fingerprint density at radius 3 is 2.76 bits per heavy atom. The average Bonchev–Trinajstić information content (AvgIpc) is 2.57. The Morgan fingerprint density at radius 2 is 2.24 bits per heavy atom. The molecular formula is C8H14N4O5. The maximum Gasteiger partial charge on any atom is 0.327 e. The third-order valence-corrected chi connectivity index (χ3v) is 2.71. The topological polar surface area (TPSA) is 141 Å². The summed E-state index contributed by atoms with van der Waals surface area (Å²) in [6.45, 7) is -0.528. The van der Waals surface area contributed by atoms with E-state index in [0.29, 0.717) is 0 Å². The molecule has 6 N–H and O–H groups in total. The minimum Gasteiger partial charge on any atom is -0.394 e. The molecule has 2 unspecified atom stereocenters. The SMILES string of the molecule is NC1=NCN([C@@H]2O[C@H](CO)C(O)C2O)C(=O)N1. The molecule has 17 heavy (non-hydrogen) atoms. The molecule has 2 rings (SSSR count). The Morgan fingerprint density at radius 1 is 1.53 bits per heavy atom. The van der Waals surface area contributed by atoms with Crippen molar-refractivity contribution in [3.05, 3.63) is 0 Å². The van der Waals surface area contributed by atoms with E-state index < -0.39 is 37.2 Å². The summed E-state index contributed by atoms with van der Waals surface area (Å²) in [5.41, 5.74) is 5.30. The van der Waals surface area contributed by atoms with E-state index in [-0.39, 0.29) is 12.6 Å². The van der Waals surface area contributed by atoms with E-state index in [0.717, 1.165) is 4.90 Å². The number of hydrogen-bond acceptors (Lipinski definition) is 7. The highest BCUT2D eigenvalue weighted by Gasteiger charge is 2.47. The van der Waals surface area contributed by atoms with E-state index >= 15 is 0 Å². The van der Waals surface area contributed by atoms with Gasteiger partial charge in [0.15, 0.2) is 12.2 Å². The van der Waals surface area contributed by atoms with Gasteiger partial charge in [0.1, 0.15) is 25.0 Å². The van der Waals surface area contributed by atoms with Gasteiger partial charge in [-0.2, -0.15) is 0 Å². The van der Waals surface area contributed by atoms with Gasteiger partial charge in [0.25, 0.3) is 0 Å². The Hall–Kier alpha value is -1.42. The third-order valence-electron chi connectivity index (χ3n) is 2.71. The van der Waals surface area contributed by atoms with E-state index in [1.807, 2.05) is 0 Å². The maximum absolute atomic E-state index is 11.6. The van der Waals surface area contributed by atoms with Crippen molar-refractivity contribution in [2.45, 2.75) is 24.5 Å². The molecule has 0 bridgehead atoms. The molecule has 0 saturated carbocycles. The van der Waals surface area contributed by atoms with Gasteiger partial charge in [0.2, 0.25) is 0 Å². The van der Waals surface area contributed by atoms with Gasteiger partial charge in [-0.15, -0.1) is 0 Å². The van der Waals surface area contributed by atoms with Gasteiger partial charge in [0, 0.05) is 0 Å². The average molecular weight is 246 g/mol. The summed E-state index contributed by atoms with van der Waals surface area (Å²) in [4.78, 5) is 16.4. The van der Waals surface area contributed by atoms with Crippen LogP contribution in [0.3, 0.4) is 0 Å². The number of carbonyl (C=O) groups excluding carboxylic acids is 1. The molecule has 1 fully saturated rings.